The Morgan fingerprint density at radius 3 is 1.96 bits per heavy atom. The molecule has 5 heteroatoms. The topological polar surface area (TPSA) is 26.8 Å². The Labute approximate surface area is 262 Å². The normalized spacial score (nSPS) is 17.0. The van der Waals surface area contributed by atoms with Crippen molar-refractivity contribution >= 4 is 43.6 Å². The zero-order valence-corrected chi connectivity index (χ0v) is 24.4. The third-order valence-electron chi connectivity index (χ3n) is 11.1. The van der Waals surface area contributed by atoms with Gasteiger partial charge in [-0.15, -0.1) is 0 Å². The van der Waals surface area contributed by atoms with Gasteiger partial charge in [0.25, 0.3) is 11.6 Å². The van der Waals surface area contributed by atoms with Gasteiger partial charge in [0.15, 0.2) is 11.0 Å². The molecular formula is C41H22N4O+2. The number of hydrogen-bond donors (Lipinski definition) is 0. The van der Waals surface area contributed by atoms with Crippen molar-refractivity contribution in [1.29, 1.82) is 0 Å². The molecule has 1 unspecified atom stereocenters. The van der Waals surface area contributed by atoms with Crippen molar-refractivity contribution in [2.45, 2.75) is 5.66 Å². The zero-order chi connectivity index (χ0) is 29.5. The molecule has 4 aliphatic heterocycles. The predicted molar refractivity (Wildman–Crippen MR) is 178 cm³/mol. The van der Waals surface area contributed by atoms with E-state index in [0.29, 0.717) is 0 Å². The molecule has 9 aromatic rings. The van der Waals surface area contributed by atoms with E-state index < -0.39 is 5.66 Å². The van der Waals surface area contributed by atoms with Gasteiger partial charge in [-0.25, -0.2) is 0 Å². The van der Waals surface area contributed by atoms with E-state index in [1.807, 2.05) is 0 Å². The molecule has 0 saturated heterocycles. The van der Waals surface area contributed by atoms with E-state index in [0.717, 1.165) is 17.3 Å². The summed E-state index contributed by atoms with van der Waals surface area (Å²) in [6.07, 6.45) is 4.56. The maximum atomic E-state index is 7.01. The molecule has 4 aromatic heterocycles. The quantitative estimate of drug-likeness (QED) is 0.165. The molecule has 5 nitrogen and oxygen atoms in total. The molecule has 0 N–H and O–H groups in total. The molecule has 210 valence electrons. The Morgan fingerprint density at radius 2 is 1.09 bits per heavy atom. The van der Waals surface area contributed by atoms with Crippen LogP contribution in [-0.2, 0) is 5.66 Å². The molecule has 8 heterocycles. The van der Waals surface area contributed by atoms with Gasteiger partial charge in [-0.05, 0) is 71.8 Å². The van der Waals surface area contributed by atoms with E-state index in [1.165, 1.54) is 82.8 Å². The molecule has 0 fully saturated rings. The lowest BCUT2D eigenvalue weighted by atomic mass is 9.81. The second-order valence-corrected chi connectivity index (χ2v) is 12.9. The van der Waals surface area contributed by atoms with Crippen molar-refractivity contribution in [3.05, 3.63) is 145 Å². The standard InChI is InChI=1S/C41H22N4O/c1-2-10-24-23(9-1)26-12-7-13-27-29-18-20-33-36-39(29)45(37(26)27)40-30(24)14-8-22-43(40)41(36)35-32(46-33)19-17-28-25-11-3-4-15-31(25)44(38(28)35)34-16-5-6-21-42(34)41/h1-22H/q+2. The number of para-hydroxylation sites is 2. The smallest absolute Gasteiger partial charge is 0.321 e. The fourth-order valence-corrected chi connectivity index (χ4v) is 9.57. The third-order valence-corrected chi connectivity index (χ3v) is 11.1. The molecule has 0 amide bonds. The van der Waals surface area contributed by atoms with E-state index >= 15 is 0 Å². The van der Waals surface area contributed by atoms with Crippen molar-refractivity contribution in [2.24, 2.45) is 0 Å². The lowest BCUT2D eigenvalue weighted by Crippen LogP contribution is -2.79. The summed E-state index contributed by atoms with van der Waals surface area (Å²) in [5.41, 5.74) is 11.5. The summed E-state index contributed by atoms with van der Waals surface area (Å²) in [6.45, 7) is 0. The summed E-state index contributed by atoms with van der Waals surface area (Å²) < 4.78 is 17.1. The minimum Gasteiger partial charge on any atom is -0.456 e. The number of hydrogen-bond acceptors (Lipinski definition) is 1. The largest absolute Gasteiger partial charge is 0.456 e. The minimum absolute atomic E-state index is 0.738. The Bertz CT molecular complexity index is 2960. The molecule has 1 atom stereocenters. The number of rotatable bonds is 0. The van der Waals surface area contributed by atoms with Gasteiger partial charge in [0.2, 0.25) is 0 Å². The van der Waals surface area contributed by atoms with Gasteiger partial charge >= 0.3 is 5.66 Å². The van der Waals surface area contributed by atoms with E-state index in [2.05, 4.69) is 152 Å². The SMILES string of the molecule is c1ccc2c(c1)-c1ccc[n+]3c1-n1c4c-2cccc4c2ccc4c(c21)C31c2c(ccc3c5ccccc5n(c23)-c2cccc[n+]21)O4. The first-order valence-electron chi connectivity index (χ1n) is 15.9. The van der Waals surface area contributed by atoms with Crippen LogP contribution in [-0.4, -0.2) is 9.13 Å². The predicted octanol–water partition coefficient (Wildman–Crippen LogP) is 8.13. The van der Waals surface area contributed by atoms with Crippen LogP contribution in [0.4, 0.5) is 0 Å². The highest BCUT2D eigenvalue weighted by Gasteiger charge is 2.64. The zero-order valence-electron chi connectivity index (χ0n) is 24.4. The van der Waals surface area contributed by atoms with Crippen molar-refractivity contribution in [3.8, 4) is 45.4 Å². The fourth-order valence-electron chi connectivity index (χ4n) is 9.57. The highest BCUT2D eigenvalue weighted by Crippen LogP contribution is 2.58. The Kier molecular flexibility index (Phi) is 3.41. The van der Waals surface area contributed by atoms with Crippen LogP contribution in [0.25, 0.3) is 77.5 Å². The van der Waals surface area contributed by atoms with Crippen LogP contribution in [0.15, 0.2) is 134 Å². The lowest BCUT2D eigenvalue weighted by molar-refractivity contribution is -0.967. The van der Waals surface area contributed by atoms with Gasteiger partial charge in [0, 0.05) is 33.2 Å². The van der Waals surface area contributed by atoms with Crippen LogP contribution in [0, 0.1) is 0 Å². The highest BCUT2D eigenvalue weighted by atomic mass is 16.5. The van der Waals surface area contributed by atoms with Gasteiger partial charge < -0.3 is 4.74 Å². The van der Waals surface area contributed by atoms with Gasteiger partial charge in [0.05, 0.1) is 18.0 Å². The summed E-state index contributed by atoms with van der Waals surface area (Å²) in [6, 6.07) is 44.5. The molecule has 0 bridgehead atoms. The number of fused-ring (bicyclic) bond motifs is 9. The van der Waals surface area contributed by atoms with E-state index in [9.17, 15) is 0 Å². The van der Waals surface area contributed by atoms with Crippen molar-refractivity contribution in [1.82, 2.24) is 9.13 Å². The summed E-state index contributed by atoms with van der Waals surface area (Å²) in [5, 5.41) is 5.00. The average molecular weight is 587 g/mol. The van der Waals surface area contributed by atoms with E-state index in [-0.39, 0.29) is 0 Å². The van der Waals surface area contributed by atoms with E-state index in [1.54, 1.807) is 0 Å². The monoisotopic (exact) mass is 586 g/mol. The highest BCUT2D eigenvalue weighted by molar-refractivity contribution is 6.18. The molecular weight excluding hydrogens is 564 g/mol. The van der Waals surface area contributed by atoms with Gasteiger partial charge in [0.1, 0.15) is 33.7 Å². The molecule has 5 aromatic carbocycles. The average Bonchev–Trinajstić information content (AvgIpc) is 3.60. The first-order valence-corrected chi connectivity index (χ1v) is 15.9. The van der Waals surface area contributed by atoms with Crippen molar-refractivity contribution in [2.75, 3.05) is 0 Å². The molecule has 13 rings (SSSR count). The molecule has 46 heavy (non-hydrogen) atoms. The van der Waals surface area contributed by atoms with E-state index in [4.69, 9.17) is 4.74 Å². The van der Waals surface area contributed by atoms with Crippen LogP contribution >= 0.6 is 0 Å². The summed E-state index contributed by atoms with van der Waals surface area (Å²) in [5.74, 6) is 4.11. The lowest BCUT2D eigenvalue weighted by Gasteiger charge is -2.41. The maximum absolute atomic E-state index is 7.01. The van der Waals surface area contributed by atoms with Crippen LogP contribution in [0.1, 0.15) is 11.1 Å². The molecule has 0 radical (unpaired) electrons. The summed E-state index contributed by atoms with van der Waals surface area (Å²) in [7, 11) is 0. The van der Waals surface area contributed by atoms with Gasteiger partial charge in [-0.3, -0.25) is 0 Å². The summed E-state index contributed by atoms with van der Waals surface area (Å²) >= 11 is 0. The third kappa shape index (κ3) is 2.08. The van der Waals surface area contributed by atoms with Crippen LogP contribution in [0.2, 0.25) is 0 Å². The van der Waals surface area contributed by atoms with Crippen molar-refractivity contribution < 1.29 is 13.9 Å². The second-order valence-electron chi connectivity index (χ2n) is 12.9. The molecule has 1 spiro atoms. The van der Waals surface area contributed by atoms with Crippen LogP contribution < -0.4 is 13.9 Å². The minimum atomic E-state index is -0.738. The molecule has 0 saturated carbocycles. The second kappa shape index (κ2) is 7.03. The van der Waals surface area contributed by atoms with Crippen LogP contribution in [0.3, 0.4) is 0 Å². The maximum Gasteiger partial charge on any atom is 0.321 e. The van der Waals surface area contributed by atoms with Gasteiger partial charge in [-0.2, -0.15) is 18.3 Å². The Balaban J connectivity index is 1.39. The number of nitrogens with zero attached hydrogens (tertiary/aromatic N) is 4. The first kappa shape index (κ1) is 22.3. The Morgan fingerprint density at radius 1 is 0.457 bits per heavy atom. The number of pyridine rings is 2. The molecule has 4 aliphatic rings. The fraction of sp³-hybridized carbons (Fsp3) is 0.0244. The van der Waals surface area contributed by atoms with Crippen molar-refractivity contribution in [3.63, 3.8) is 0 Å². The number of ether oxygens (including phenoxy) is 1. The molecule has 0 aliphatic carbocycles. The summed E-state index contributed by atoms with van der Waals surface area (Å²) in [4.78, 5) is 0. The number of benzene rings is 5. The Hall–Kier alpha value is -6.20. The first-order chi connectivity index (χ1) is 22.9. The van der Waals surface area contributed by atoms with Gasteiger partial charge in [-0.1, -0.05) is 54.6 Å². The number of aromatic nitrogens is 4. The van der Waals surface area contributed by atoms with Crippen LogP contribution in [0.5, 0.6) is 11.5 Å².